The van der Waals surface area contributed by atoms with Crippen LogP contribution in [0.5, 0.6) is 5.75 Å². The van der Waals surface area contributed by atoms with E-state index >= 15 is 0 Å². The van der Waals surface area contributed by atoms with Crippen molar-refractivity contribution in [2.24, 2.45) is 5.73 Å². The van der Waals surface area contributed by atoms with Crippen molar-refractivity contribution >= 4 is 29.1 Å². The van der Waals surface area contributed by atoms with Gasteiger partial charge in [-0.1, -0.05) is 23.2 Å². The molecule has 18 heavy (non-hydrogen) atoms. The number of carbonyl (C=O) groups excluding carboxylic acids is 1. The molecule has 0 saturated heterocycles. The van der Waals surface area contributed by atoms with Crippen LogP contribution < -0.4 is 15.8 Å². The molecule has 0 spiro atoms. The molecule has 0 aromatic heterocycles. The van der Waals surface area contributed by atoms with Crippen LogP contribution in [0.3, 0.4) is 0 Å². The van der Waals surface area contributed by atoms with Gasteiger partial charge in [-0.2, -0.15) is 0 Å². The second kappa shape index (κ2) is 6.83. The van der Waals surface area contributed by atoms with E-state index in [9.17, 15) is 4.79 Å². The van der Waals surface area contributed by atoms with Crippen molar-refractivity contribution in [2.75, 3.05) is 13.7 Å². The minimum Gasteiger partial charge on any atom is -0.496 e. The predicted molar refractivity (Wildman–Crippen MR) is 73.6 cm³/mol. The van der Waals surface area contributed by atoms with Crippen LogP contribution in [0.1, 0.15) is 23.7 Å². The molecule has 1 aromatic rings. The van der Waals surface area contributed by atoms with E-state index < -0.39 is 0 Å². The minimum absolute atomic E-state index is 0.0426. The summed E-state index contributed by atoms with van der Waals surface area (Å²) in [5.41, 5.74) is 5.96. The summed E-state index contributed by atoms with van der Waals surface area (Å²) in [6, 6.07) is 3.05. The maximum Gasteiger partial charge on any atom is 0.255 e. The highest BCUT2D eigenvalue weighted by atomic mass is 35.5. The number of rotatable bonds is 5. The Hall–Kier alpha value is -0.970. The summed E-state index contributed by atoms with van der Waals surface area (Å²) in [4.78, 5) is 11.9. The molecule has 1 rings (SSSR count). The van der Waals surface area contributed by atoms with Gasteiger partial charge in [-0.3, -0.25) is 4.79 Å². The highest BCUT2D eigenvalue weighted by molar-refractivity contribution is 6.42. The number of amides is 1. The lowest BCUT2D eigenvalue weighted by Crippen LogP contribution is -2.29. The summed E-state index contributed by atoms with van der Waals surface area (Å²) in [5, 5.41) is 3.41. The Bertz CT molecular complexity index is 436. The summed E-state index contributed by atoms with van der Waals surface area (Å²) < 4.78 is 5.10. The van der Waals surface area contributed by atoms with Crippen molar-refractivity contribution in [3.05, 3.63) is 27.7 Å². The Morgan fingerprint density at radius 2 is 2.06 bits per heavy atom. The van der Waals surface area contributed by atoms with E-state index in [0.29, 0.717) is 34.3 Å². The fraction of sp³-hybridized carbons (Fsp3) is 0.417. The monoisotopic (exact) mass is 290 g/mol. The molecule has 1 atom stereocenters. The van der Waals surface area contributed by atoms with E-state index in [0.717, 1.165) is 0 Å². The molecular weight excluding hydrogens is 275 g/mol. The second-order valence-electron chi connectivity index (χ2n) is 3.99. The first-order valence-corrected chi connectivity index (χ1v) is 6.28. The molecule has 0 fully saturated rings. The third-order valence-corrected chi connectivity index (χ3v) is 3.09. The lowest BCUT2D eigenvalue weighted by atomic mass is 10.1. The molecule has 0 aliphatic rings. The molecule has 1 unspecified atom stereocenters. The Labute approximate surface area is 116 Å². The van der Waals surface area contributed by atoms with Crippen molar-refractivity contribution in [1.29, 1.82) is 0 Å². The Balaban J connectivity index is 2.81. The zero-order chi connectivity index (χ0) is 13.7. The fourth-order valence-corrected chi connectivity index (χ4v) is 1.70. The second-order valence-corrected chi connectivity index (χ2v) is 4.80. The fourth-order valence-electron chi connectivity index (χ4n) is 1.38. The van der Waals surface area contributed by atoms with Crippen LogP contribution in [0.25, 0.3) is 0 Å². The zero-order valence-electron chi connectivity index (χ0n) is 10.3. The van der Waals surface area contributed by atoms with Gasteiger partial charge < -0.3 is 15.8 Å². The third kappa shape index (κ3) is 4.05. The van der Waals surface area contributed by atoms with Gasteiger partial charge in [0.15, 0.2) is 0 Å². The number of carbonyl (C=O) groups is 1. The highest BCUT2D eigenvalue weighted by Gasteiger charge is 2.14. The maximum atomic E-state index is 11.9. The molecule has 0 aliphatic carbocycles. The largest absolute Gasteiger partial charge is 0.496 e. The Morgan fingerprint density at radius 3 is 2.61 bits per heavy atom. The number of nitrogens with two attached hydrogens (primary N) is 1. The summed E-state index contributed by atoms with van der Waals surface area (Å²) in [6.45, 7) is 2.38. The van der Waals surface area contributed by atoms with Gasteiger partial charge in [0.2, 0.25) is 0 Å². The van der Waals surface area contributed by atoms with Crippen molar-refractivity contribution < 1.29 is 9.53 Å². The van der Waals surface area contributed by atoms with Gasteiger partial charge in [-0.25, -0.2) is 0 Å². The van der Waals surface area contributed by atoms with Crippen molar-refractivity contribution in [2.45, 2.75) is 19.4 Å². The normalized spacial score (nSPS) is 12.1. The number of benzene rings is 1. The van der Waals surface area contributed by atoms with E-state index in [2.05, 4.69) is 5.32 Å². The minimum atomic E-state index is -0.258. The third-order valence-electron chi connectivity index (χ3n) is 2.37. The Kier molecular flexibility index (Phi) is 5.72. The average molecular weight is 291 g/mol. The Morgan fingerprint density at radius 1 is 1.44 bits per heavy atom. The molecule has 1 amide bonds. The molecule has 0 saturated carbocycles. The average Bonchev–Trinajstić information content (AvgIpc) is 2.31. The van der Waals surface area contributed by atoms with E-state index in [-0.39, 0.29) is 11.9 Å². The molecule has 4 nitrogen and oxygen atoms in total. The number of ether oxygens (including phenoxy) is 1. The first-order valence-electron chi connectivity index (χ1n) is 5.52. The van der Waals surface area contributed by atoms with Gasteiger partial charge in [-0.15, -0.1) is 0 Å². The summed E-state index contributed by atoms with van der Waals surface area (Å²) in [7, 11) is 1.47. The van der Waals surface area contributed by atoms with Crippen LogP contribution in [0.15, 0.2) is 12.1 Å². The lowest BCUT2D eigenvalue weighted by Gasteiger charge is -2.11. The molecule has 6 heteroatoms. The number of halogens is 2. The number of hydrogen-bond acceptors (Lipinski definition) is 3. The molecule has 0 bridgehead atoms. The van der Waals surface area contributed by atoms with E-state index in [1.807, 2.05) is 6.92 Å². The van der Waals surface area contributed by atoms with Crippen LogP contribution in [0.2, 0.25) is 10.0 Å². The van der Waals surface area contributed by atoms with Crippen molar-refractivity contribution in [1.82, 2.24) is 5.32 Å². The molecular formula is C12H16Cl2N2O2. The highest BCUT2D eigenvalue weighted by Crippen LogP contribution is 2.30. The smallest absolute Gasteiger partial charge is 0.255 e. The summed E-state index contributed by atoms with van der Waals surface area (Å²) in [6.07, 6.45) is 0.704. The van der Waals surface area contributed by atoms with E-state index in [4.69, 9.17) is 33.7 Å². The zero-order valence-corrected chi connectivity index (χ0v) is 11.8. The summed E-state index contributed by atoms with van der Waals surface area (Å²) >= 11 is 11.7. The van der Waals surface area contributed by atoms with Gasteiger partial charge in [0.25, 0.3) is 5.91 Å². The standard InChI is InChI=1S/C12H16Cl2N2O2/c1-7(15)3-4-16-12(17)8-5-9(13)10(14)6-11(8)18-2/h5-7H,3-4,15H2,1-2H3,(H,16,17). The van der Waals surface area contributed by atoms with Gasteiger partial charge in [0.1, 0.15) is 5.75 Å². The molecule has 0 radical (unpaired) electrons. The SMILES string of the molecule is COc1cc(Cl)c(Cl)cc1C(=O)NCCC(C)N. The number of hydrogen-bond donors (Lipinski definition) is 2. The molecule has 1 aromatic carbocycles. The quantitative estimate of drug-likeness (QED) is 0.876. The molecule has 100 valence electrons. The van der Waals surface area contributed by atoms with Crippen LogP contribution >= 0.6 is 23.2 Å². The first kappa shape index (κ1) is 15.1. The van der Waals surface area contributed by atoms with Crippen LogP contribution in [-0.2, 0) is 0 Å². The molecule has 3 N–H and O–H groups in total. The molecule has 0 heterocycles. The van der Waals surface area contributed by atoms with Gasteiger partial charge in [0, 0.05) is 18.7 Å². The van der Waals surface area contributed by atoms with Crippen molar-refractivity contribution in [3.63, 3.8) is 0 Å². The van der Waals surface area contributed by atoms with E-state index in [1.165, 1.54) is 19.2 Å². The number of nitrogens with one attached hydrogen (secondary N) is 1. The summed E-state index contributed by atoms with van der Waals surface area (Å²) in [5.74, 6) is 0.133. The van der Waals surface area contributed by atoms with E-state index in [1.54, 1.807) is 0 Å². The van der Waals surface area contributed by atoms with Gasteiger partial charge in [-0.05, 0) is 19.4 Å². The number of methoxy groups -OCH3 is 1. The van der Waals surface area contributed by atoms with Gasteiger partial charge in [0.05, 0.1) is 22.7 Å². The maximum absolute atomic E-state index is 11.9. The molecule has 0 aliphatic heterocycles. The topological polar surface area (TPSA) is 64.3 Å². The van der Waals surface area contributed by atoms with Crippen LogP contribution in [0.4, 0.5) is 0 Å². The van der Waals surface area contributed by atoms with Gasteiger partial charge >= 0.3 is 0 Å². The predicted octanol–water partition coefficient (Wildman–Crippen LogP) is 2.47. The van der Waals surface area contributed by atoms with Crippen molar-refractivity contribution in [3.8, 4) is 5.75 Å². The van der Waals surface area contributed by atoms with Crippen LogP contribution in [0, 0.1) is 0 Å². The lowest BCUT2D eigenvalue weighted by molar-refractivity contribution is 0.0950. The first-order chi connectivity index (χ1) is 8.45. The van der Waals surface area contributed by atoms with Crippen LogP contribution in [-0.4, -0.2) is 25.6 Å².